The summed E-state index contributed by atoms with van der Waals surface area (Å²) in [6, 6.07) is 8.21. The van der Waals surface area contributed by atoms with E-state index >= 15 is 0 Å². The largest absolute Gasteiger partial charge is 0.350 e. The van der Waals surface area contributed by atoms with Crippen molar-refractivity contribution in [1.29, 1.82) is 0 Å². The molecule has 0 aliphatic rings. The van der Waals surface area contributed by atoms with Gasteiger partial charge < -0.3 is 10.3 Å². The Balaban J connectivity index is 1.97. The monoisotopic (exact) mass is 320 g/mol. The maximum atomic E-state index is 13.6. The first-order valence-corrected chi connectivity index (χ1v) is 6.88. The Hall–Kier alpha value is -2.40. The van der Waals surface area contributed by atoms with Crippen molar-refractivity contribution in [2.24, 2.45) is 0 Å². The van der Waals surface area contributed by atoms with Crippen molar-refractivity contribution in [2.75, 3.05) is 5.32 Å². The van der Waals surface area contributed by atoms with Crippen molar-refractivity contribution >= 4 is 34.1 Å². The van der Waals surface area contributed by atoms with E-state index in [1.54, 1.807) is 25.1 Å². The summed E-state index contributed by atoms with van der Waals surface area (Å²) in [5.41, 5.74) is 1.67. The minimum absolute atomic E-state index is 0.0810. The van der Waals surface area contributed by atoms with Crippen LogP contribution in [0.15, 0.2) is 36.4 Å². The Labute approximate surface area is 129 Å². The average molecular weight is 321 g/mol. The van der Waals surface area contributed by atoms with Gasteiger partial charge in [-0.2, -0.15) is 0 Å². The zero-order chi connectivity index (χ0) is 15.9. The van der Waals surface area contributed by atoms with E-state index in [4.69, 9.17) is 11.6 Å². The number of hydrogen-bond donors (Lipinski definition) is 2. The number of nitrogens with one attached hydrogen (secondary N) is 2. The number of fused-ring (bicyclic) bond motifs is 1. The summed E-state index contributed by atoms with van der Waals surface area (Å²) in [5, 5.41) is 3.83. The van der Waals surface area contributed by atoms with Crippen molar-refractivity contribution in [3.8, 4) is 0 Å². The van der Waals surface area contributed by atoms with Crippen LogP contribution in [0.5, 0.6) is 0 Å². The number of amides is 1. The van der Waals surface area contributed by atoms with Crippen molar-refractivity contribution in [3.05, 3.63) is 64.3 Å². The molecule has 0 saturated carbocycles. The molecule has 1 heterocycles. The standard InChI is InChI=1S/C16H11ClF2N2O/c1-8-11-4-2-9(17)6-14(11)20-15(8)16(22)21-13-5-3-10(18)7-12(13)19/h2-7,20H,1H3,(H,21,22). The molecule has 2 aromatic carbocycles. The van der Waals surface area contributed by atoms with E-state index in [1.807, 2.05) is 0 Å². The second kappa shape index (κ2) is 5.42. The van der Waals surface area contributed by atoms with Gasteiger partial charge in [0.2, 0.25) is 0 Å². The summed E-state index contributed by atoms with van der Waals surface area (Å²) in [5.74, 6) is -2.03. The third kappa shape index (κ3) is 2.55. The average Bonchev–Trinajstić information content (AvgIpc) is 2.78. The van der Waals surface area contributed by atoms with Crippen LogP contribution in [-0.4, -0.2) is 10.9 Å². The Bertz CT molecular complexity index is 889. The first-order valence-electron chi connectivity index (χ1n) is 6.50. The third-order valence-electron chi connectivity index (χ3n) is 3.43. The summed E-state index contributed by atoms with van der Waals surface area (Å²) in [6.45, 7) is 1.78. The number of carbonyl (C=O) groups excluding carboxylic acids is 1. The van der Waals surface area contributed by atoms with Crippen molar-refractivity contribution < 1.29 is 13.6 Å². The molecular weight excluding hydrogens is 310 g/mol. The number of anilines is 1. The van der Waals surface area contributed by atoms with Gasteiger partial charge in [0.25, 0.3) is 5.91 Å². The molecule has 0 fully saturated rings. The molecular formula is C16H11ClF2N2O. The SMILES string of the molecule is Cc1c(C(=O)Nc2ccc(F)cc2F)[nH]c2cc(Cl)ccc12. The number of rotatable bonds is 2. The highest BCUT2D eigenvalue weighted by Crippen LogP contribution is 2.25. The molecule has 0 spiro atoms. The number of aromatic nitrogens is 1. The van der Waals surface area contributed by atoms with E-state index in [9.17, 15) is 13.6 Å². The van der Waals surface area contributed by atoms with Crippen LogP contribution in [0.3, 0.4) is 0 Å². The molecule has 0 saturated heterocycles. The lowest BCUT2D eigenvalue weighted by Crippen LogP contribution is -2.14. The van der Waals surface area contributed by atoms with Crippen LogP contribution in [0, 0.1) is 18.6 Å². The molecule has 0 bridgehead atoms. The Morgan fingerprint density at radius 2 is 1.95 bits per heavy atom. The normalized spacial score (nSPS) is 10.9. The van der Waals surface area contributed by atoms with E-state index in [0.717, 1.165) is 22.5 Å². The minimum Gasteiger partial charge on any atom is -0.350 e. The van der Waals surface area contributed by atoms with Gasteiger partial charge in [-0.3, -0.25) is 4.79 Å². The maximum Gasteiger partial charge on any atom is 0.272 e. The van der Waals surface area contributed by atoms with Gasteiger partial charge in [0.15, 0.2) is 0 Å². The van der Waals surface area contributed by atoms with E-state index in [2.05, 4.69) is 10.3 Å². The van der Waals surface area contributed by atoms with Crippen LogP contribution >= 0.6 is 11.6 Å². The first kappa shape index (κ1) is 14.5. The quantitative estimate of drug-likeness (QED) is 0.708. The lowest BCUT2D eigenvalue weighted by Gasteiger charge is -2.06. The van der Waals surface area contributed by atoms with Crippen LogP contribution in [0.2, 0.25) is 5.02 Å². The van der Waals surface area contributed by atoms with E-state index < -0.39 is 17.5 Å². The molecule has 0 atom stereocenters. The van der Waals surface area contributed by atoms with Gasteiger partial charge in [0.05, 0.1) is 5.69 Å². The summed E-state index contributed by atoms with van der Waals surface area (Å²) in [6.07, 6.45) is 0. The number of hydrogen-bond acceptors (Lipinski definition) is 1. The Kier molecular flexibility index (Phi) is 3.58. The topological polar surface area (TPSA) is 44.9 Å². The molecule has 1 amide bonds. The molecule has 1 aromatic heterocycles. The highest BCUT2D eigenvalue weighted by Gasteiger charge is 2.16. The number of halogens is 3. The van der Waals surface area contributed by atoms with Crippen LogP contribution in [0.4, 0.5) is 14.5 Å². The summed E-state index contributed by atoms with van der Waals surface area (Å²) < 4.78 is 26.5. The van der Waals surface area contributed by atoms with Gasteiger partial charge in [-0.05, 0) is 36.8 Å². The third-order valence-corrected chi connectivity index (χ3v) is 3.66. The van der Waals surface area contributed by atoms with Crippen molar-refractivity contribution in [2.45, 2.75) is 6.92 Å². The Morgan fingerprint density at radius 3 is 2.68 bits per heavy atom. The van der Waals surface area contributed by atoms with Gasteiger partial charge in [-0.15, -0.1) is 0 Å². The van der Waals surface area contributed by atoms with Gasteiger partial charge in [-0.25, -0.2) is 8.78 Å². The lowest BCUT2D eigenvalue weighted by atomic mass is 10.1. The van der Waals surface area contributed by atoms with Crippen molar-refractivity contribution in [3.63, 3.8) is 0 Å². The summed E-state index contributed by atoms with van der Waals surface area (Å²) in [4.78, 5) is 15.3. The van der Waals surface area contributed by atoms with Gasteiger partial charge in [0.1, 0.15) is 17.3 Å². The fourth-order valence-corrected chi connectivity index (χ4v) is 2.48. The Morgan fingerprint density at radius 1 is 1.18 bits per heavy atom. The zero-order valence-corrected chi connectivity index (χ0v) is 12.3. The second-order valence-corrected chi connectivity index (χ2v) is 5.33. The fourth-order valence-electron chi connectivity index (χ4n) is 2.31. The molecule has 6 heteroatoms. The predicted molar refractivity (Wildman–Crippen MR) is 82.4 cm³/mol. The molecule has 112 valence electrons. The first-order chi connectivity index (χ1) is 10.5. The lowest BCUT2D eigenvalue weighted by molar-refractivity contribution is 0.102. The predicted octanol–water partition coefficient (Wildman–Crippen LogP) is 4.66. The molecule has 0 aliphatic heterocycles. The van der Waals surface area contributed by atoms with Crippen LogP contribution in [0.1, 0.15) is 16.1 Å². The molecule has 3 rings (SSSR count). The number of benzene rings is 2. The fraction of sp³-hybridized carbons (Fsp3) is 0.0625. The second-order valence-electron chi connectivity index (χ2n) is 4.89. The van der Waals surface area contributed by atoms with Gasteiger partial charge in [0, 0.05) is 22.0 Å². The summed E-state index contributed by atoms with van der Waals surface area (Å²) in [7, 11) is 0. The van der Waals surface area contributed by atoms with Gasteiger partial charge >= 0.3 is 0 Å². The highest BCUT2D eigenvalue weighted by molar-refractivity contribution is 6.31. The number of H-pyrrole nitrogens is 1. The maximum absolute atomic E-state index is 13.6. The number of aromatic amines is 1. The van der Waals surface area contributed by atoms with E-state index in [-0.39, 0.29) is 5.69 Å². The molecule has 3 aromatic rings. The zero-order valence-electron chi connectivity index (χ0n) is 11.5. The van der Waals surface area contributed by atoms with Crippen LogP contribution in [-0.2, 0) is 0 Å². The van der Waals surface area contributed by atoms with Crippen LogP contribution in [0.25, 0.3) is 10.9 Å². The molecule has 2 N–H and O–H groups in total. The highest BCUT2D eigenvalue weighted by atomic mass is 35.5. The van der Waals surface area contributed by atoms with E-state index in [0.29, 0.717) is 16.8 Å². The number of aryl methyl sites for hydroxylation is 1. The molecule has 0 aliphatic carbocycles. The van der Waals surface area contributed by atoms with Crippen molar-refractivity contribution in [1.82, 2.24) is 4.98 Å². The van der Waals surface area contributed by atoms with E-state index in [1.165, 1.54) is 6.07 Å². The smallest absolute Gasteiger partial charge is 0.272 e. The van der Waals surface area contributed by atoms with Crippen LogP contribution < -0.4 is 5.32 Å². The number of carbonyl (C=O) groups is 1. The minimum atomic E-state index is -0.829. The molecule has 3 nitrogen and oxygen atoms in total. The molecule has 22 heavy (non-hydrogen) atoms. The van der Waals surface area contributed by atoms with Gasteiger partial charge in [-0.1, -0.05) is 17.7 Å². The summed E-state index contributed by atoms with van der Waals surface area (Å²) >= 11 is 5.92. The molecule has 0 radical (unpaired) electrons. The molecule has 0 unspecified atom stereocenters.